The summed E-state index contributed by atoms with van der Waals surface area (Å²) in [5.41, 5.74) is 0. The number of carbonyl (C=O) groups is 1. The quantitative estimate of drug-likeness (QED) is 0.684. The molecule has 4 nitrogen and oxygen atoms in total. The predicted octanol–water partition coefficient (Wildman–Crippen LogP) is 0.618. The Bertz CT molecular complexity index is 205. The molecule has 2 unspecified atom stereocenters. The zero-order chi connectivity index (χ0) is 9.97. The number of nitrogens with one attached hydrogen (secondary N) is 1. The SMILES string of the molecule is O=C(O)C1CNC(C2CCCC2)CO1. The van der Waals surface area contributed by atoms with Gasteiger partial charge in [-0.1, -0.05) is 12.8 Å². The average molecular weight is 199 g/mol. The maximum atomic E-state index is 10.6. The summed E-state index contributed by atoms with van der Waals surface area (Å²) in [6.45, 7) is 1.01. The number of morpholine rings is 1. The third-order valence-corrected chi connectivity index (χ3v) is 3.29. The normalized spacial score (nSPS) is 34.6. The Morgan fingerprint density at radius 3 is 2.57 bits per heavy atom. The molecule has 2 aliphatic rings. The van der Waals surface area contributed by atoms with Gasteiger partial charge in [-0.15, -0.1) is 0 Å². The topological polar surface area (TPSA) is 58.6 Å². The molecule has 2 atom stereocenters. The molecule has 0 spiro atoms. The summed E-state index contributed by atoms with van der Waals surface area (Å²) in [6.07, 6.45) is 4.50. The average Bonchev–Trinajstić information content (AvgIpc) is 2.71. The van der Waals surface area contributed by atoms with Crippen LogP contribution in [-0.2, 0) is 9.53 Å². The summed E-state index contributed by atoms with van der Waals surface area (Å²) in [7, 11) is 0. The smallest absolute Gasteiger partial charge is 0.334 e. The Morgan fingerprint density at radius 1 is 1.36 bits per heavy atom. The second-order valence-electron chi connectivity index (χ2n) is 4.22. The van der Waals surface area contributed by atoms with Gasteiger partial charge in [0.1, 0.15) is 0 Å². The van der Waals surface area contributed by atoms with Gasteiger partial charge in [0.25, 0.3) is 0 Å². The van der Waals surface area contributed by atoms with Gasteiger partial charge < -0.3 is 15.2 Å². The molecule has 1 heterocycles. The minimum atomic E-state index is -0.859. The molecule has 80 valence electrons. The number of ether oxygens (including phenoxy) is 1. The number of carboxylic acids is 1. The van der Waals surface area contributed by atoms with Crippen molar-refractivity contribution in [1.82, 2.24) is 5.32 Å². The maximum absolute atomic E-state index is 10.6. The highest BCUT2D eigenvalue weighted by Crippen LogP contribution is 2.28. The van der Waals surface area contributed by atoms with E-state index in [-0.39, 0.29) is 0 Å². The molecule has 0 radical (unpaired) electrons. The van der Waals surface area contributed by atoms with Gasteiger partial charge >= 0.3 is 5.97 Å². The van der Waals surface area contributed by atoms with Gasteiger partial charge in [-0.25, -0.2) is 4.79 Å². The minimum absolute atomic E-state index is 0.382. The van der Waals surface area contributed by atoms with E-state index in [0.29, 0.717) is 25.1 Å². The Kier molecular flexibility index (Phi) is 3.03. The number of hydrogen-bond donors (Lipinski definition) is 2. The lowest BCUT2D eigenvalue weighted by Gasteiger charge is -2.31. The summed E-state index contributed by atoms with van der Waals surface area (Å²) in [6, 6.07) is 0.382. The molecule has 0 bridgehead atoms. The first-order chi connectivity index (χ1) is 6.77. The van der Waals surface area contributed by atoms with Crippen molar-refractivity contribution in [2.24, 2.45) is 5.92 Å². The van der Waals surface area contributed by atoms with Crippen LogP contribution in [0.3, 0.4) is 0 Å². The molecule has 0 aromatic rings. The minimum Gasteiger partial charge on any atom is -0.479 e. The molecule has 2 fully saturated rings. The fourth-order valence-electron chi connectivity index (χ4n) is 2.42. The van der Waals surface area contributed by atoms with Crippen LogP contribution in [0.15, 0.2) is 0 Å². The van der Waals surface area contributed by atoms with Gasteiger partial charge in [-0.05, 0) is 18.8 Å². The number of rotatable bonds is 2. The van der Waals surface area contributed by atoms with Crippen LogP contribution in [0, 0.1) is 5.92 Å². The predicted molar refractivity (Wildman–Crippen MR) is 51.1 cm³/mol. The summed E-state index contributed by atoms with van der Waals surface area (Å²) in [5.74, 6) is -0.160. The van der Waals surface area contributed by atoms with Gasteiger partial charge in [-0.2, -0.15) is 0 Å². The lowest BCUT2D eigenvalue weighted by Crippen LogP contribution is -2.51. The van der Waals surface area contributed by atoms with Crippen LogP contribution in [0.5, 0.6) is 0 Å². The maximum Gasteiger partial charge on any atom is 0.334 e. The second-order valence-corrected chi connectivity index (χ2v) is 4.22. The highest BCUT2D eigenvalue weighted by atomic mass is 16.5. The van der Waals surface area contributed by atoms with Crippen LogP contribution in [0.2, 0.25) is 0 Å². The van der Waals surface area contributed by atoms with Crippen molar-refractivity contribution in [1.29, 1.82) is 0 Å². The van der Waals surface area contributed by atoms with Crippen molar-refractivity contribution in [2.75, 3.05) is 13.2 Å². The lowest BCUT2D eigenvalue weighted by atomic mass is 9.97. The Hall–Kier alpha value is -0.610. The number of aliphatic carboxylic acids is 1. The van der Waals surface area contributed by atoms with E-state index in [2.05, 4.69) is 5.32 Å². The van der Waals surface area contributed by atoms with Gasteiger partial charge in [0.05, 0.1) is 6.61 Å². The fraction of sp³-hybridized carbons (Fsp3) is 0.900. The van der Waals surface area contributed by atoms with E-state index >= 15 is 0 Å². The molecule has 4 heteroatoms. The van der Waals surface area contributed by atoms with Crippen molar-refractivity contribution in [3.63, 3.8) is 0 Å². The van der Waals surface area contributed by atoms with Crippen LogP contribution in [0.1, 0.15) is 25.7 Å². The molecule has 1 saturated carbocycles. The molecule has 14 heavy (non-hydrogen) atoms. The van der Waals surface area contributed by atoms with Gasteiger partial charge in [0, 0.05) is 12.6 Å². The van der Waals surface area contributed by atoms with Crippen molar-refractivity contribution >= 4 is 5.97 Å². The van der Waals surface area contributed by atoms with Crippen molar-refractivity contribution < 1.29 is 14.6 Å². The zero-order valence-electron chi connectivity index (χ0n) is 8.24. The van der Waals surface area contributed by atoms with E-state index in [4.69, 9.17) is 9.84 Å². The first-order valence-electron chi connectivity index (χ1n) is 5.35. The third-order valence-electron chi connectivity index (χ3n) is 3.29. The summed E-state index contributed by atoms with van der Waals surface area (Å²) in [5, 5.41) is 12.0. The third kappa shape index (κ3) is 2.07. The van der Waals surface area contributed by atoms with E-state index in [1.165, 1.54) is 25.7 Å². The van der Waals surface area contributed by atoms with E-state index in [1.807, 2.05) is 0 Å². The van der Waals surface area contributed by atoms with Crippen LogP contribution >= 0.6 is 0 Å². The standard InChI is InChI=1S/C10H17NO3/c12-10(13)9-5-11-8(6-14-9)7-3-1-2-4-7/h7-9,11H,1-6H2,(H,12,13). The molecular formula is C10H17NO3. The Balaban J connectivity index is 1.80. The van der Waals surface area contributed by atoms with Crippen LogP contribution in [-0.4, -0.2) is 36.4 Å². The first-order valence-corrected chi connectivity index (χ1v) is 5.35. The summed E-state index contributed by atoms with van der Waals surface area (Å²) in [4.78, 5) is 10.6. The van der Waals surface area contributed by atoms with Gasteiger partial charge in [0.2, 0.25) is 0 Å². The molecule has 0 amide bonds. The molecular weight excluding hydrogens is 182 g/mol. The first kappa shape index (κ1) is 9.93. The molecule has 1 aliphatic heterocycles. The van der Waals surface area contributed by atoms with Gasteiger partial charge in [0.15, 0.2) is 6.10 Å². The monoisotopic (exact) mass is 199 g/mol. The number of carboxylic acid groups (broad SMARTS) is 1. The molecule has 1 aliphatic carbocycles. The lowest BCUT2D eigenvalue weighted by molar-refractivity contribution is -0.153. The van der Waals surface area contributed by atoms with Crippen molar-refractivity contribution in [3.8, 4) is 0 Å². The molecule has 2 rings (SSSR count). The van der Waals surface area contributed by atoms with E-state index in [9.17, 15) is 4.79 Å². The van der Waals surface area contributed by atoms with E-state index in [0.717, 1.165) is 0 Å². The van der Waals surface area contributed by atoms with E-state index < -0.39 is 12.1 Å². The van der Waals surface area contributed by atoms with Crippen LogP contribution in [0.4, 0.5) is 0 Å². The molecule has 0 aromatic carbocycles. The Labute approximate surface area is 83.6 Å². The molecule has 0 aromatic heterocycles. The van der Waals surface area contributed by atoms with Crippen molar-refractivity contribution in [2.45, 2.75) is 37.8 Å². The second kappa shape index (κ2) is 4.28. The van der Waals surface area contributed by atoms with Gasteiger partial charge in [-0.3, -0.25) is 0 Å². The number of hydrogen-bond acceptors (Lipinski definition) is 3. The fourth-order valence-corrected chi connectivity index (χ4v) is 2.42. The summed E-state index contributed by atoms with van der Waals surface area (Å²) < 4.78 is 5.30. The van der Waals surface area contributed by atoms with Crippen LogP contribution in [0.25, 0.3) is 0 Å². The van der Waals surface area contributed by atoms with E-state index in [1.54, 1.807) is 0 Å². The molecule has 2 N–H and O–H groups in total. The van der Waals surface area contributed by atoms with Crippen LogP contribution < -0.4 is 5.32 Å². The van der Waals surface area contributed by atoms with Crippen molar-refractivity contribution in [3.05, 3.63) is 0 Å². The summed E-state index contributed by atoms with van der Waals surface area (Å²) >= 11 is 0. The molecule has 1 saturated heterocycles. The highest BCUT2D eigenvalue weighted by Gasteiger charge is 2.31. The Morgan fingerprint density at radius 2 is 2.07 bits per heavy atom. The zero-order valence-corrected chi connectivity index (χ0v) is 8.24. The highest BCUT2D eigenvalue weighted by molar-refractivity contribution is 5.72. The largest absolute Gasteiger partial charge is 0.479 e.